The molecule has 0 spiro atoms. The minimum atomic E-state index is 0.113. The molecule has 1 heterocycles. The van der Waals surface area contributed by atoms with Crippen LogP contribution in [0.1, 0.15) is 21.5 Å². The first-order chi connectivity index (χ1) is 12.6. The Hall–Kier alpha value is -1.98. The molecule has 0 N–H and O–H groups in total. The van der Waals surface area contributed by atoms with Crippen molar-refractivity contribution in [1.82, 2.24) is 9.80 Å². The molecule has 2 aromatic rings. The Morgan fingerprint density at radius 1 is 1.08 bits per heavy atom. The van der Waals surface area contributed by atoms with Gasteiger partial charge in [-0.2, -0.15) is 0 Å². The Labute approximate surface area is 160 Å². The van der Waals surface area contributed by atoms with Gasteiger partial charge in [-0.25, -0.2) is 0 Å². The Balaban J connectivity index is 1.73. The monoisotopic (exact) mass is 370 g/mol. The van der Waals surface area contributed by atoms with Crippen LogP contribution in [0.4, 0.5) is 0 Å². The lowest BCUT2D eigenvalue weighted by atomic mass is 10.1. The van der Waals surface area contributed by atoms with E-state index < -0.39 is 0 Å². The highest BCUT2D eigenvalue weighted by atomic mass is 32.2. The molecule has 0 unspecified atom stereocenters. The van der Waals surface area contributed by atoms with Gasteiger partial charge in [-0.15, -0.1) is 11.8 Å². The molecule has 0 saturated carbocycles. The molecule has 0 bridgehead atoms. The lowest BCUT2D eigenvalue weighted by Gasteiger charge is -2.32. The van der Waals surface area contributed by atoms with Crippen LogP contribution in [0.3, 0.4) is 0 Å². The fourth-order valence-electron chi connectivity index (χ4n) is 3.01. The van der Waals surface area contributed by atoms with Gasteiger partial charge in [0.15, 0.2) is 0 Å². The second-order valence-electron chi connectivity index (χ2n) is 6.72. The van der Waals surface area contributed by atoms with Crippen LogP contribution in [-0.2, 0) is 5.75 Å². The predicted molar refractivity (Wildman–Crippen MR) is 107 cm³/mol. The number of ether oxygens (including phenoxy) is 1. The number of benzene rings is 2. The van der Waals surface area contributed by atoms with Crippen LogP contribution in [0.25, 0.3) is 0 Å². The van der Waals surface area contributed by atoms with Crippen LogP contribution in [-0.4, -0.2) is 56.0 Å². The zero-order valence-corrected chi connectivity index (χ0v) is 16.5. The predicted octanol–water partition coefficient (Wildman–Crippen LogP) is 3.68. The van der Waals surface area contributed by atoms with E-state index in [9.17, 15) is 4.79 Å². The van der Waals surface area contributed by atoms with Gasteiger partial charge >= 0.3 is 0 Å². The fourth-order valence-corrected chi connectivity index (χ4v) is 3.89. The van der Waals surface area contributed by atoms with Crippen molar-refractivity contribution in [3.63, 3.8) is 0 Å². The van der Waals surface area contributed by atoms with Crippen molar-refractivity contribution in [3.8, 4) is 5.75 Å². The first kappa shape index (κ1) is 18.8. The van der Waals surface area contributed by atoms with E-state index in [-0.39, 0.29) is 5.91 Å². The molecular formula is C21H26N2O2S. The van der Waals surface area contributed by atoms with Crippen LogP contribution < -0.4 is 4.74 Å². The summed E-state index contributed by atoms with van der Waals surface area (Å²) in [5.41, 5.74) is 3.06. The zero-order valence-electron chi connectivity index (χ0n) is 15.7. The Morgan fingerprint density at radius 3 is 2.42 bits per heavy atom. The quantitative estimate of drug-likeness (QED) is 0.752. The Morgan fingerprint density at radius 2 is 1.77 bits per heavy atom. The number of piperazine rings is 1. The second kappa shape index (κ2) is 8.60. The third-order valence-electron chi connectivity index (χ3n) is 4.73. The second-order valence-corrected chi connectivity index (χ2v) is 7.77. The smallest absolute Gasteiger partial charge is 0.253 e. The number of hydrogen-bond acceptors (Lipinski definition) is 4. The van der Waals surface area contributed by atoms with Crippen molar-refractivity contribution in [2.24, 2.45) is 0 Å². The third-order valence-corrected chi connectivity index (χ3v) is 5.79. The van der Waals surface area contributed by atoms with Crippen molar-refractivity contribution < 1.29 is 9.53 Å². The van der Waals surface area contributed by atoms with Crippen molar-refractivity contribution in [1.29, 1.82) is 0 Å². The summed E-state index contributed by atoms with van der Waals surface area (Å²) < 4.78 is 5.50. The van der Waals surface area contributed by atoms with Gasteiger partial charge in [0.25, 0.3) is 5.91 Å². The highest BCUT2D eigenvalue weighted by Gasteiger charge is 2.21. The largest absolute Gasteiger partial charge is 0.496 e. The number of methoxy groups -OCH3 is 1. The number of likely N-dealkylation sites (N-methyl/N-ethyl adjacent to an activating group) is 1. The SMILES string of the molecule is COc1ccc(C(=O)N2CCN(C)CC2)cc1CSc1ccc(C)cc1. The van der Waals surface area contributed by atoms with Gasteiger partial charge in [-0.05, 0) is 44.3 Å². The molecule has 26 heavy (non-hydrogen) atoms. The Bertz CT molecular complexity index is 753. The Kier molecular flexibility index (Phi) is 6.22. The lowest BCUT2D eigenvalue weighted by Crippen LogP contribution is -2.47. The molecule has 4 nitrogen and oxygen atoms in total. The summed E-state index contributed by atoms with van der Waals surface area (Å²) in [7, 11) is 3.77. The number of rotatable bonds is 5. The molecule has 3 rings (SSSR count). The number of aryl methyl sites for hydroxylation is 1. The van der Waals surface area contributed by atoms with Crippen LogP contribution >= 0.6 is 11.8 Å². The molecule has 1 saturated heterocycles. The normalized spacial score (nSPS) is 15.1. The van der Waals surface area contributed by atoms with E-state index in [0.29, 0.717) is 0 Å². The number of hydrogen-bond donors (Lipinski definition) is 0. The molecule has 5 heteroatoms. The van der Waals surface area contributed by atoms with Crippen molar-refractivity contribution in [2.75, 3.05) is 40.3 Å². The van der Waals surface area contributed by atoms with Gasteiger partial charge in [0.1, 0.15) is 5.75 Å². The molecule has 1 aliphatic rings. The van der Waals surface area contributed by atoms with E-state index in [0.717, 1.165) is 48.8 Å². The lowest BCUT2D eigenvalue weighted by molar-refractivity contribution is 0.0664. The molecule has 0 atom stereocenters. The highest BCUT2D eigenvalue weighted by Crippen LogP contribution is 2.29. The fraction of sp³-hybridized carbons (Fsp3) is 0.381. The molecular weight excluding hydrogens is 344 g/mol. The minimum Gasteiger partial charge on any atom is -0.496 e. The summed E-state index contributed by atoms with van der Waals surface area (Å²) in [6, 6.07) is 14.3. The van der Waals surface area contributed by atoms with Crippen LogP contribution in [0.5, 0.6) is 5.75 Å². The highest BCUT2D eigenvalue weighted by molar-refractivity contribution is 7.98. The van der Waals surface area contributed by atoms with Gasteiger partial charge in [-0.3, -0.25) is 4.79 Å². The van der Waals surface area contributed by atoms with Gasteiger partial charge in [-0.1, -0.05) is 17.7 Å². The standard InChI is InChI=1S/C21H26N2O2S/c1-16-4-7-19(8-5-16)26-15-18-14-17(6-9-20(18)25-3)21(24)23-12-10-22(2)11-13-23/h4-9,14H,10-13,15H2,1-3H3. The molecule has 0 aliphatic carbocycles. The van der Waals surface area contributed by atoms with E-state index in [2.05, 4.69) is 43.1 Å². The summed E-state index contributed by atoms with van der Waals surface area (Å²) in [5.74, 6) is 1.72. The summed E-state index contributed by atoms with van der Waals surface area (Å²) in [5, 5.41) is 0. The van der Waals surface area contributed by atoms with E-state index >= 15 is 0 Å². The molecule has 0 aromatic heterocycles. The molecule has 138 valence electrons. The van der Waals surface area contributed by atoms with Crippen LogP contribution in [0.15, 0.2) is 47.4 Å². The first-order valence-electron chi connectivity index (χ1n) is 8.91. The molecule has 1 fully saturated rings. The van der Waals surface area contributed by atoms with Crippen molar-refractivity contribution in [3.05, 3.63) is 59.2 Å². The van der Waals surface area contributed by atoms with Crippen LogP contribution in [0.2, 0.25) is 0 Å². The van der Waals surface area contributed by atoms with Crippen LogP contribution in [0, 0.1) is 6.92 Å². The summed E-state index contributed by atoms with van der Waals surface area (Å²) in [6.07, 6.45) is 0. The average Bonchev–Trinajstić information content (AvgIpc) is 2.67. The maximum Gasteiger partial charge on any atom is 0.253 e. The maximum absolute atomic E-state index is 12.8. The number of carbonyl (C=O) groups is 1. The molecule has 2 aromatic carbocycles. The van der Waals surface area contributed by atoms with Crippen molar-refractivity contribution in [2.45, 2.75) is 17.6 Å². The van der Waals surface area contributed by atoms with E-state index in [1.165, 1.54) is 10.5 Å². The molecule has 0 radical (unpaired) electrons. The molecule has 1 aliphatic heterocycles. The third kappa shape index (κ3) is 4.59. The van der Waals surface area contributed by atoms with E-state index in [1.807, 2.05) is 23.1 Å². The maximum atomic E-state index is 12.8. The molecule has 1 amide bonds. The number of amides is 1. The summed E-state index contributed by atoms with van der Waals surface area (Å²) >= 11 is 1.76. The van der Waals surface area contributed by atoms with Crippen molar-refractivity contribution >= 4 is 17.7 Å². The number of thioether (sulfide) groups is 1. The van der Waals surface area contributed by atoms with Gasteiger partial charge in [0, 0.05) is 48.0 Å². The summed E-state index contributed by atoms with van der Waals surface area (Å²) in [6.45, 7) is 5.52. The van der Waals surface area contributed by atoms with Gasteiger partial charge in [0.2, 0.25) is 0 Å². The van der Waals surface area contributed by atoms with E-state index in [4.69, 9.17) is 4.74 Å². The minimum absolute atomic E-state index is 0.113. The zero-order chi connectivity index (χ0) is 18.5. The van der Waals surface area contributed by atoms with Gasteiger partial charge in [0.05, 0.1) is 7.11 Å². The van der Waals surface area contributed by atoms with Gasteiger partial charge < -0.3 is 14.5 Å². The number of carbonyl (C=O) groups excluding carboxylic acids is 1. The van der Waals surface area contributed by atoms with E-state index in [1.54, 1.807) is 18.9 Å². The average molecular weight is 371 g/mol. The summed E-state index contributed by atoms with van der Waals surface area (Å²) in [4.78, 5) is 18.2. The number of nitrogens with zero attached hydrogens (tertiary/aromatic N) is 2. The first-order valence-corrected chi connectivity index (χ1v) is 9.89. The topological polar surface area (TPSA) is 32.8 Å².